The number of hydrogen-bond acceptors (Lipinski definition) is 13. The molecule has 4 heterocycles. The van der Waals surface area contributed by atoms with Crippen LogP contribution in [0.2, 0.25) is 0 Å². The number of hydrogen-bond donors (Lipinski definition) is 1. The van der Waals surface area contributed by atoms with Gasteiger partial charge in [0.1, 0.15) is 11.5 Å². The van der Waals surface area contributed by atoms with Gasteiger partial charge in [0.2, 0.25) is 17.4 Å². The normalized spacial score (nSPS) is 29.9. The summed E-state index contributed by atoms with van der Waals surface area (Å²) in [6, 6.07) is 14.5. The van der Waals surface area contributed by atoms with E-state index in [2.05, 4.69) is 5.32 Å². The predicted molar refractivity (Wildman–Crippen MR) is 179 cm³/mol. The Bertz CT molecular complexity index is 1730. The Morgan fingerprint density at radius 3 is 1.81 bits per heavy atom. The number of methoxy groups -OCH3 is 4. The Kier molecular flexibility index (Phi) is 10.6. The smallest absolute Gasteiger partial charge is 0.338 e. The van der Waals surface area contributed by atoms with Gasteiger partial charge in [-0.15, -0.1) is 0 Å². The second kappa shape index (κ2) is 14.4. The molecule has 15 nitrogen and oxygen atoms in total. The van der Waals surface area contributed by atoms with E-state index in [-0.39, 0.29) is 44.4 Å². The van der Waals surface area contributed by atoms with Crippen LogP contribution < -0.4 is 14.8 Å². The first-order valence-electron chi connectivity index (χ1n) is 16.8. The summed E-state index contributed by atoms with van der Waals surface area (Å²) < 4.78 is 37.3. The Morgan fingerprint density at radius 1 is 0.769 bits per heavy atom. The zero-order valence-corrected chi connectivity index (χ0v) is 30.3. The van der Waals surface area contributed by atoms with E-state index in [0.717, 1.165) is 11.1 Å². The molecule has 0 aliphatic carbocycles. The van der Waals surface area contributed by atoms with Crippen molar-refractivity contribution < 1.29 is 61.9 Å². The number of likely N-dealkylation sites (tertiary alicyclic amines) is 1. The molecule has 2 aromatic rings. The number of benzene rings is 2. The van der Waals surface area contributed by atoms with Crippen LogP contribution in [0.1, 0.15) is 51.2 Å². The predicted octanol–water partition coefficient (Wildman–Crippen LogP) is 2.26. The number of ether oxygens (including phenoxy) is 7. The molecule has 0 spiro atoms. The summed E-state index contributed by atoms with van der Waals surface area (Å²) in [5, 5.41) is 2.64. The molecule has 0 unspecified atom stereocenters. The molecule has 280 valence electrons. The molecule has 2 aromatic carbocycles. The van der Waals surface area contributed by atoms with Crippen LogP contribution in [-0.4, -0.2) is 97.9 Å². The van der Waals surface area contributed by atoms with Crippen molar-refractivity contribution in [3.63, 3.8) is 0 Å². The largest absolute Gasteiger partial charge is 0.497 e. The average molecular weight is 725 g/mol. The molecule has 0 saturated carbocycles. The van der Waals surface area contributed by atoms with Gasteiger partial charge in [0, 0.05) is 6.54 Å². The summed E-state index contributed by atoms with van der Waals surface area (Å²) in [4.78, 5) is 75.9. The summed E-state index contributed by atoms with van der Waals surface area (Å²) in [5.74, 6) is -3.00. The molecular formula is C37H44N2O13. The molecule has 4 fully saturated rings. The van der Waals surface area contributed by atoms with E-state index in [1.165, 1.54) is 19.1 Å². The van der Waals surface area contributed by atoms with E-state index in [9.17, 15) is 28.8 Å². The summed E-state index contributed by atoms with van der Waals surface area (Å²) in [5.41, 5.74) is -3.90. The van der Waals surface area contributed by atoms with Gasteiger partial charge in [0.25, 0.3) is 0 Å². The summed E-state index contributed by atoms with van der Waals surface area (Å²) >= 11 is 0. The molecule has 6 rings (SSSR count). The number of fused-ring (bicyclic) bond motifs is 2. The standard InChI is InChI=1S/C26H29NO8.C11H15NO5/c1-25-21(13-22(28)35-25)23(29)27(14-17-5-9-19(31-2)10-6-17)26(25,24(30)33-4)16-34-15-18-7-11-20(32-3)12-8-18;1-4-11(9(15)16-3)10(2)6(8(14)12-11)5-7(13)17-10/h5-12,21H,13-16H2,1-4H3;6H,4-5H2,1-3H3,(H,12,14)/t21-,25-,26-;6-,10-,11-/m00/s1. The van der Waals surface area contributed by atoms with Crippen molar-refractivity contribution in [2.24, 2.45) is 11.8 Å². The van der Waals surface area contributed by atoms with Gasteiger partial charge in [-0.2, -0.15) is 0 Å². The third-order valence-corrected chi connectivity index (χ3v) is 10.9. The number of carbonyl (C=O) groups excluding carboxylic acids is 6. The van der Waals surface area contributed by atoms with E-state index >= 15 is 0 Å². The zero-order valence-electron chi connectivity index (χ0n) is 30.3. The van der Waals surface area contributed by atoms with E-state index in [4.69, 9.17) is 33.2 Å². The van der Waals surface area contributed by atoms with Gasteiger partial charge in [0.05, 0.1) is 66.3 Å². The molecule has 6 atom stereocenters. The van der Waals surface area contributed by atoms with Crippen molar-refractivity contribution in [2.45, 2.75) is 75.5 Å². The molecule has 1 N–H and O–H groups in total. The number of esters is 4. The molecular weight excluding hydrogens is 680 g/mol. The van der Waals surface area contributed by atoms with E-state index < -0.39 is 58.0 Å². The second-order valence-electron chi connectivity index (χ2n) is 13.4. The van der Waals surface area contributed by atoms with Crippen LogP contribution in [0.15, 0.2) is 48.5 Å². The van der Waals surface area contributed by atoms with Crippen molar-refractivity contribution in [2.75, 3.05) is 35.0 Å². The SMILES string of the molecule is CC[C@@]1(C(=O)OC)NC(=O)[C@@H]2CC(=O)O[C@@]21C.COC(=O)[C@]1(COCc2ccc(OC)cc2)N(Cc2ccc(OC)cc2)C(=O)[C@@H]2CC(=O)O[C@@]21C. The number of nitrogens with zero attached hydrogens (tertiary/aromatic N) is 1. The summed E-state index contributed by atoms with van der Waals surface area (Å²) in [6.45, 7) is 5.03. The van der Waals surface area contributed by atoms with Crippen LogP contribution in [0.4, 0.5) is 0 Å². The van der Waals surface area contributed by atoms with Gasteiger partial charge >= 0.3 is 23.9 Å². The number of carbonyl (C=O) groups is 6. The Labute approximate surface area is 301 Å². The van der Waals surface area contributed by atoms with Gasteiger partial charge in [-0.1, -0.05) is 31.2 Å². The molecule has 2 amide bonds. The molecule has 15 heteroatoms. The number of amides is 2. The quantitative estimate of drug-likeness (QED) is 0.264. The van der Waals surface area contributed by atoms with Crippen molar-refractivity contribution in [3.05, 3.63) is 59.7 Å². The lowest BCUT2D eigenvalue weighted by molar-refractivity contribution is -0.186. The lowest BCUT2D eigenvalue weighted by Gasteiger charge is -2.43. The van der Waals surface area contributed by atoms with Crippen molar-refractivity contribution in [3.8, 4) is 11.5 Å². The number of nitrogens with one attached hydrogen (secondary N) is 1. The van der Waals surface area contributed by atoms with Crippen LogP contribution >= 0.6 is 0 Å². The fraction of sp³-hybridized carbons (Fsp3) is 0.514. The third-order valence-electron chi connectivity index (χ3n) is 10.9. The molecule has 0 radical (unpaired) electrons. The van der Waals surface area contributed by atoms with Gasteiger partial charge < -0.3 is 43.4 Å². The van der Waals surface area contributed by atoms with Crippen LogP contribution in [0, 0.1) is 11.8 Å². The highest BCUT2D eigenvalue weighted by Crippen LogP contribution is 2.53. The molecule has 52 heavy (non-hydrogen) atoms. The molecule has 0 aromatic heterocycles. The molecule has 0 bridgehead atoms. The monoisotopic (exact) mass is 724 g/mol. The first kappa shape index (κ1) is 38.1. The van der Waals surface area contributed by atoms with E-state index in [1.807, 2.05) is 24.3 Å². The molecule has 4 saturated heterocycles. The van der Waals surface area contributed by atoms with Gasteiger partial charge in [-0.25, -0.2) is 9.59 Å². The molecule has 4 aliphatic heterocycles. The summed E-state index contributed by atoms with van der Waals surface area (Å²) in [6.07, 6.45) is 0.221. The first-order chi connectivity index (χ1) is 24.7. The van der Waals surface area contributed by atoms with E-state index in [1.54, 1.807) is 59.3 Å². The van der Waals surface area contributed by atoms with Gasteiger partial charge in [0.15, 0.2) is 16.7 Å². The number of rotatable bonds is 11. The highest BCUT2D eigenvalue weighted by molar-refractivity contribution is 6.01. The van der Waals surface area contributed by atoms with E-state index in [0.29, 0.717) is 17.9 Å². The van der Waals surface area contributed by atoms with Crippen LogP contribution in [-0.2, 0) is 65.6 Å². The minimum absolute atomic E-state index is 0.0150. The Morgan fingerprint density at radius 2 is 1.29 bits per heavy atom. The highest BCUT2D eigenvalue weighted by atomic mass is 16.6. The highest BCUT2D eigenvalue weighted by Gasteiger charge is 2.76. The van der Waals surface area contributed by atoms with Crippen LogP contribution in [0.25, 0.3) is 0 Å². The maximum absolute atomic E-state index is 13.6. The topological polar surface area (TPSA) is 182 Å². The first-order valence-corrected chi connectivity index (χ1v) is 16.8. The van der Waals surface area contributed by atoms with Gasteiger partial charge in [-0.05, 0) is 55.7 Å². The zero-order chi connectivity index (χ0) is 38.1. The lowest BCUT2D eigenvalue weighted by atomic mass is 9.75. The van der Waals surface area contributed by atoms with Crippen molar-refractivity contribution in [1.82, 2.24) is 10.2 Å². The van der Waals surface area contributed by atoms with Crippen LogP contribution in [0.5, 0.6) is 11.5 Å². The Balaban J connectivity index is 0.000000257. The lowest BCUT2D eigenvalue weighted by Crippen LogP contribution is -2.66. The minimum atomic E-state index is -1.66. The third kappa shape index (κ3) is 5.99. The fourth-order valence-electron chi connectivity index (χ4n) is 7.85. The van der Waals surface area contributed by atoms with Gasteiger partial charge in [-0.3, -0.25) is 19.2 Å². The average Bonchev–Trinajstić information content (AvgIpc) is 3.76. The maximum Gasteiger partial charge on any atom is 0.338 e. The fourth-order valence-corrected chi connectivity index (χ4v) is 7.85. The maximum atomic E-state index is 13.6. The summed E-state index contributed by atoms with van der Waals surface area (Å²) in [7, 11) is 5.65. The minimum Gasteiger partial charge on any atom is -0.497 e. The van der Waals surface area contributed by atoms with Crippen LogP contribution in [0.3, 0.4) is 0 Å². The molecule has 4 aliphatic rings. The Hall–Kier alpha value is -5.18. The van der Waals surface area contributed by atoms with Crippen molar-refractivity contribution >= 4 is 35.7 Å². The second-order valence-corrected chi connectivity index (χ2v) is 13.4. The van der Waals surface area contributed by atoms with Crippen molar-refractivity contribution in [1.29, 1.82) is 0 Å².